The average Bonchev–Trinajstić information content (AvgIpc) is 3.23. The molecule has 0 aliphatic rings. The third kappa shape index (κ3) is 7.15. The molecule has 0 saturated carbocycles. The highest BCUT2D eigenvalue weighted by atomic mass is 19.4. The number of nitrogens with one attached hydrogen (secondary N) is 1. The van der Waals surface area contributed by atoms with Gasteiger partial charge in [-0.1, -0.05) is 31.2 Å². The van der Waals surface area contributed by atoms with Crippen LogP contribution in [0.5, 0.6) is 0 Å². The van der Waals surface area contributed by atoms with E-state index in [9.17, 15) is 22.4 Å². The van der Waals surface area contributed by atoms with E-state index < -0.39 is 11.7 Å². The predicted octanol–water partition coefficient (Wildman–Crippen LogP) is 5.56. The van der Waals surface area contributed by atoms with Crippen LogP contribution in [0.15, 0.2) is 59.2 Å². The topological polar surface area (TPSA) is 58.4 Å². The second-order valence-corrected chi connectivity index (χ2v) is 7.88. The number of nitrogens with zero attached hydrogens (tertiary/aromatic N) is 2. The lowest BCUT2D eigenvalue weighted by molar-refractivity contribution is -0.137. The molecule has 2 aromatic carbocycles. The van der Waals surface area contributed by atoms with Gasteiger partial charge in [-0.2, -0.15) is 13.2 Å². The fraction of sp³-hybridized carbons (Fsp3) is 0.333. The molecule has 1 amide bonds. The number of halogens is 4. The van der Waals surface area contributed by atoms with E-state index in [4.69, 9.17) is 4.42 Å². The Morgan fingerprint density at radius 2 is 1.61 bits per heavy atom. The van der Waals surface area contributed by atoms with E-state index in [1.807, 2.05) is 18.7 Å². The van der Waals surface area contributed by atoms with Crippen molar-refractivity contribution in [2.75, 3.05) is 0 Å². The molecule has 0 aliphatic carbocycles. The molecular formula is C24H25F4N3O2. The van der Waals surface area contributed by atoms with Gasteiger partial charge in [0, 0.05) is 19.1 Å². The fourth-order valence-corrected chi connectivity index (χ4v) is 3.15. The number of rotatable bonds is 9. The van der Waals surface area contributed by atoms with Crippen LogP contribution in [0.3, 0.4) is 0 Å². The fourth-order valence-electron chi connectivity index (χ4n) is 3.15. The summed E-state index contributed by atoms with van der Waals surface area (Å²) >= 11 is 0. The molecule has 176 valence electrons. The van der Waals surface area contributed by atoms with Crippen LogP contribution in [-0.4, -0.2) is 21.8 Å². The number of amides is 1. The van der Waals surface area contributed by atoms with Gasteiger partial charge in [-0.3, -0.25) is 9.69 Å². The van der Waals surface area contributed by atoms with Crippen LogP contribution < -0.4 is 5.32 Å². The highest BCUT2D eigenvalue weighted by Gasteiger charge is 2.30. The third-order valence-corrected chi connectivity index (χ3v) is 5.14. The van der Waals surface area contributed by atoms with Crippen molar-refractivity contribution in [2.45, 2.75) is 52.1 Å². The van der Waals surface area contributed by atoms with E-state index >= 15 is 0 Å². The maximum Gasteiger partial charge on any atom is 0.416 e. The molecule has 1 atom stereocenters. The predicted molar refractivity (Wildman–Crippen MR) is 115 cm³/mol. The number of alkyl halides is 3. The Balaban J connectivity index is 1.76. The lowest BCUT2D eigenvalue weighted by Crippen LogP contribution is -2.32. The van der Waals surface area contributed by atoms with Crippen LogP contribution in [0.4, 0.5) is 17.6 Å². The zero-order valence-corrected chi connectivity index (χ0v) is 18.3. The smallest absolute Gasteiger partial charge is 0.416 e. The highest BCUT2D eigenvalue weighted by molar-refractivity contribution is 5.92. The lowest BCUT2D eigenvalue weighted by atomic mass is 10.1. The first-order chi connectivity index (χ1) is 15.6. The SMILES string of the molecule is CCC(C)NC(=O)c1coc(CN(Cc2ccc(F)cc2)Cc2ccc(C(F)(F)F)cc2)n1. The van der Waals surface area contributed by atoms with Gasteiger partial charge in [0.05, 0.1) is 12.1 Å². The van der Waals surface area contributed by atoms with Gasteiger partial charge in [0.1, 0.15) is 12.1 Å². The van der Waals surface area contributed by atoms with Crippen LogP contribution in [-0.2, 0) is 25.8 Å². The summed E-state index contributed by atoms with van der Waals surface area (Å²) in [5.41, 5.74) is 0.901. The number of carbonyl (C=O) groups is 1. The van der Waals surface area contributed by atoms with Crippen molar-refractivity contribution >= 4 is 5.91 Å². The zero-order valence-electron chi connectivity index (χ0n) is 18.3. The summed E-state index contributed by atoms with van der Waals surface area (Å²) in [6.45, 7) is 4.71. The first kappa shape index (κ1) is 24.4. The monoisotopic (exact) mass is 463 g/mol. The lowest BCUT2D eigenvalue weighted by Gasteiger charge is -2.21. The Bertz CT molecular complexity index is 1050. The quantitative estimate of drug-likeness (QED) is 0.422. The van der Waals surface area contributed by atoms with Crippen LogP contribution in [0.2, 0.25) is 0 Å². The molecule has 5 nitrogen and oxygen atoms in total. The van der Waals surface area contributed by atoms with Crippen molar-refractivity contribution in [2.24, 2.45) is 0 Å². The first-order valence-electron chi connectivity index (χ1n) is 10.5. The molecular weight excluding hydrogens is 438 g/mol. The molecule has 0 fully saturated rings. The largest absolute Gasteiger partial charge is 0.447 e. The Morgan fingerprint density at radius 1 is 1.03 bits per heavy atom. The van der Waals surface area contributed by atoms with E-state index in [0.717, 1.165) is 24.1 Å². The van der Waals surface area contributed by atoms with Gasteiger partial charge in [0.2, 0.25) is 5.89 Å². The summed E-state index contributed by atoms with van der Waals surface area (Å²) in [6, 6.07) is 10.9. The average molecular weight is 463 g/mol. The molecule has 9 heteroatoms. The number of oxazole rings is 1. The molecule has 3 rings (SSSR count). The third-order valence-electron chi connectivity index (χ3n) is 5.14. The van der Waals surface area contributed by atoms with Gasteiger partial charge in [-0.15, -0.1) is 0 Å². The molecule has 1 heterocycles. The number of carbonyl (C=O) groups excluding carboxylic acids is 1. The molecule has 1 N–H and O–H groups in total. The molecule has 0 bridgehead atoms. The number of aromatic nitrogens is 1. The summed E-state index contributed by atoms with van der Waals surface area (Å²) in [5, 5.41) is 2.81. The van der Waals surface area contributed by atoms with Crippen molar-refractivity contribution in [1.82, 2.24) is 15.2 Å². The van der Waals surface area contributed by atoms with Gasteiger partial charge in [0.25, 0.3) is 5.91 Å². The first-order valence-corrected chi connectivity index (χ1v) is 10.5. The summed E-state index contributed by atoms with van der Waals surface area (Å²) in [7, 11) is 0. The molecule has 1 aromatic heterocycles. The van der Waals surface area contributed by atoms with Crippen LogP contribution in [0, 0.1) is 5.82 Å². The molecule has 0 saturated heterocycles. The minimum Gasteiger partial charge on any atom is -0.447 e. The second-order valence-electron chi connectivity index (χ2n) is 7.88. The number of hydrogen-bond donors (Lipinski definition) is 1. The molecule has 0 spiro atoms. The van der Waals surface area contributed by atoms with E-state index in [0.29, 0.717) is 24.5 Å². The van der Waals surface area contributed by atoms with Crippen molar-refractivity contribution in [3.63, 3.8) is 0 Å². The van der Waals surface area contributed by atoms with E-state index in [1.165, 1.54) is 30.5 Å². The van der Waals surface area contributed by atoms with Crippen LogP contribution in [0.1, 0.15) is 53.3 Å². The molecule has 1 unspecified atom stereocenters. The highest BCUT2D eigenvalue weighted by Crippen LogP contribution is 2.29. The number of benzene rings is 2. The minimum absolute atomic E-state index is 0.00713. The van der Waals surface area contributed by atoms with Gasteiger partial charge in [-0.05, 0) is 48.7 Å². The van der Waals surface area contributed by atoms with Crippen molar-refractivity contribution in [3.05, 3.63) is 88.9 Å². The normalized spacial score (nSPS) is 12.7. The molecule has 0 radical (unpaired) electrons. The van der Waals surface area contributed by atoms with Gasteiger partial charge < -0.3 is 9.73 Å². The summed E-state index contributed by atoms with van der Waals surface area (Å²) in [5.74, 6) is -0.414. The summed E-state index contributed by atoms with van der Waals surface area (Å²) < 4.78 is 57.3. The van der Waals surface area contributed by atoms with Gasteiger partial charge in [0.15, 0.2) is 5.69 Å². The van der Waals surface area contributed by atoms with Gasteiger partial charge in [-0.25, -0.2) is 9.37 Å². The van der Waals surface area contributed by atoms with Gasteiger partial charge >= 0.3 is 6.18 Å². The van der Waals surface area contributed by atoms with Crippen LogP contribution in [0.25, 0.3) is 0 Å². The standard InChI is InChI=1S/C24H25F4N3O2/c1-3-16(2)29-23(32)21-15-33-22(30-21)14-31(13-18-6-10-20(25)11-7-18)12-17-4-8-19(9-5-17)24(26,27)28/h4-11,15-16H,3,12-14H2,1-2H3,(H,29,32). The second kappa shape index (κ2) is 10.6. The Hall–Kier alpha value is -3.20. The zero-order chi connectivity index (χ0) is 24.0. The van der Waals surface area contributed by atoms with E-state index in [2.05, 4.69) is 10.3 Å². The molecule has 33 heavy (non-hydrogen) atoms. The Kier molecular flexibility index (Phi) is 7.86. The molecule has 0 aliphatic heterocycles. The van der Waals surface area contributed by atoms with E-state index in [1.54, 1.807) is 12.1 Å². The molecule has 3 aromatic rings. The van der Waals surface area contributed by atoms with Crippen molar-refractivity contribution in [1.29, 1.82) is 0 Å². The summed E-state index contributed by atoms with van der Waals surface area (Å²) in [6.07, 6.45) is -2.35. The van der Waals surface area contributed by atoms with Crippen molar-refractivity contribution in [3.8, 4) is 0 Å². The Morgan fingerprint density at radius 3 is 2.15 bits per heavy atom. The minimum atomic E-state index is -4.41. The summed E-state index contributed by atoms with van der Waals surface area (Å²) in [4.78, 5) is 18.4. The van der Waals surface area contributed by atoms with Crippen molar-refractivity contribution < 1.29 is 26.8 Å². The number of hydrogen-bond acceptors (Lipinski definition) is 4. The van der Waals surface area contributed by atoms with E-state index in [-0.39, 0.29) is 30.0 Å². The van der Waals surface area contributed by atoms with Crippen LogP contribution >= 0.6 is 0 Å². The maximum atomic E-state index is 13.3. The maximum absolute atomic E-state index is 13.3. The Labute approximate surface area is 189 Å².